The Kier molecular flexibility index (Phi) is 6.52. The van der Waals surface area contributed by atoms with Crippen LogP contribution in [0.3, 0.4) is 0 Å². The Hall–Kier alpha value is -0.610. The number of likely N-dealkylation sites (tertiary alicyclic amines) is 1. The Labute approximate surface area is 104 Å². The van der Waals surface area contributed by atoms with Crippen LogP contribution in [0.5, 0.6) is 0 Å². The van der Waals surface area contributed by atoms with Crippen molar-refractivity contribution in [2.75, 3.05) is 26.2 Å². The van der Waals surface area contributed by atoms with Crippen molar-refractivity contribution < 1.29 is 9.90 Å². The SMILES string of the molecule is CCCNC(CN1CCC(CCC)C1)C(=O)O. The van der Waals surface area contributed by atoms with Crippen LogP contribution >= 0.6 is 0 Å². The second kappa shape index (κ2) is 7.67. The second-order valence-corrected chi connectivity index (χ2v) is 5.05. The molecule has 17 heavy (non-hydrogen) atoms. The second-order valence-electron chi connectivity index (χ2n) is 5.05. The van der Waals surface area contributed by atoms with Gasteiger partial charge >= 0.3 is 5.97 Å². The van der Waals surface area contributed by atoms with Gasteiger partial charge in [-0.05, 0) is 38.3 Å². The van der Waals surface area contributed by atoms with Gasteiger partial charge in [0.1, 0.15) is 6.04 Å². The standard InChI is InChI=1S/C13H26N2O2/c1-3-5-11-6-8-15(9-11)10-12(13(16)17)14-7-4-2/h11-12,14H,3-10H2,1-2H3,(H,16,17). The van der Waals surface area contributed by atoms with Crippen LogP contribution < -0.4 is 5.32 Å². The number of nitrogens with one attached hydrogen (secondary N) is 1. The summed E-state index contributed by atoms with van der Waals surface area (Å²) < 4.78 is 0. The minimum Gasteiger partial charge on any atom is -0.480 e. The summed E-state index contributed by atoms with van der Waals surface area (Å²) in [6.45, 7) is 7.83. The van der Waals surface area contributed by atoms with Crippen molar-refractivity contribution in [3.8, 4) is 0 Å². The van der Waals surface area contributed by atoms with E-state index in [2.05, 4.69) is 24.1 Å². The van der Waals surface area contributed by atoms with Crippen LogP contribution in [0.1, 0.15) is 39.5 Å². The first kappa shape index (κ1) is 14.5. The molecule has 1 aliphatic heterocycles. The summed E-state index contributed by atoms with van der Waals surface area (Å²) in [5.41, 5.74) is 0. The molecule has 0 aromatic carbocycles. The van der Waals surface area contributed by atoms with Crippen molar-refractivity contribution in [1.29, 1.82) is 0 Å². The van der Waals surface area contributed by atoms with Crippen LogP contribution in [-0.2, 0) is 4.79 Å². The van der Waals surface area contributed by atoms with E-state index in [1.807, 2.05) is 0 Å². The molecule has 1 fully saturated rings. The monoisotopic (exact) mass is 242 g/mol. The molecule has 0 aromatic rings. The molecule has 2 unspecified atom stereocenters. The molecule has 1 rings (SSSR count). The van der Waals surface area contributed by atoms with E-state index in [0.29, 0.717) is 6.54 Å². The lowest BCUT2D eigenvalue weighted by atomic mass is 10.0. The number of carboxylic acids is 1. The van der Waals surface area contributed by atoms with Gasteiger partial charge in [0.25, 0.3) is 0 Å². The third kappa shape index (κ3) is 5.04. The van der Waals surface area contributed by atoms with Crippen LogP contribution in [0.15, 0.2) is 0 Å². The van der Waals surface area contributed by atoms with Crippen molar-refractivity contribution in [2.45, 2.75) is 45.6 Å². The summed E-state index contributed by atoms with van der Waals surface area (Å²) in [5.74, 6) is 0.0537. The van der Waals surface area contributed by atoms with Crippen LogP contribution in [0.4, 0.5) is 0 Å². The predicted molar refractivity (Wildman–Crippen MR) is 69.2 cm³/mol. The molecule has 0 radical (unpaired) electrons. The normalized spacial score (nSPS) is 22.8. The Morgan fingerprint density at radius 2 is 2.24 bits per heavy atom. The van der Waals surface area contributed by atoms with E-state index in [4.69, 9.17) is 5.11 Å². The van der Waals surface area contributed by atoms with Gasteiger partial charge in [0, 0.05) is 13.1 Å². The third-order valence-corrected chi connectivity index (χ3v) is 3.45. The molecule has 2 atom stereocenters. The summed E-state index contributed by atoms with van der Waals surface area (Å²) >= 11 is 0. The maximum absolute atomic E-state index is 11.1. The molecule has 0 amide bonds. The Bertz CT molecular complexity index is 233. The summed E-state index contributed by atoms with van der Waals surface area (Å²) in [6, 6.07) is -0.407. The first-order valence-corrected chi connectivity index (χ1v) is 6.85. The third-order valence-electron chi connectivity index (χ3n) is 3.45. The molecule has 0 aromatic heterocycles. The highest BCUT2D eigenvalue weighted by Crippen LogP contribution is 2.20. The molecular weight excluding hydrogens is 216 g/mol. The topological polar surface area (TPSA) is 52.6 Å². The lowest BCUT2D eigenvalue weighted by Gasteiger charge is -2.21. The van der Waals surface area contributed by atoms with Crippen molar-refractivity contribution in [2.24, 2.45) is 5.92 Å². The predicted octanol–water partition coefficient (Wildman–Crippen LogP) is 1.56. The molecular formula is C13H26N2O2. The van der Waals surface area contributed by atoms with Crippen LogP contribution in [0.2, 0.25) is 0 Å². The zero-order valence-electron chi connectivity index (χ0n) is 11.1. The number of hydrogen-bond acceptors (Lipinski definition) is 3. The Balaban J connectivity index is 2.32. The quantitative estimate of drug-likeness (QED) is 0.678. The van der Waals surface area contributed by atoms with Gasteiger partial charge in [-0.25, -0.2) is 0 Å². The minimum absolute atomic E-state index is 0.407. The number of carboxylic acid groups (broad SMARTS) is 1. The van der Waals surface area contributed by atoms with E-state index in [1.165, 1.54) is 19.3 Å². The molecule has 1 heterocycles. The van der Waals surface area contributed by atoms with Gasteiger partial charge in [-0.1, -0.05) is 20.3 Å². The van der Waals surface area contributed by atoms with E-state index < -0.39 is 12.0 Å². The van der Waals surface area contributed by atoms with Gasteiger partial charge in [0.15, 0.2) is 0 Å². The fourth-order valence-corrected chi connectivity index (χ4v) is 2.53. The van der Waals surface area contributed by atoms with Crippen molar-refractivity contribution >= 4 is 5.97 Å². The lowest BCUT2D eigenvalue weighted by molar-refractivity contribution is -0.139. The molecule has 0 saturated carbocycles. The largest absolute Gasteiger partial charge is 0.480 e. The van der Waals surface area contributed by atoms with Crippen molar-refractivity contribution in [3.63, 3.8) is 0 Å². The zero-order valence-corrected chi connectivity index (χ0v) is 11.1. The van der Waals surface area contributed by atoms with Crippen molar-refractivity contribution in [3.05, 3.63) is 0 Å². The maximum atomic E-state index is 11.1. The molecule has 4 nitrogen and oxygen atoms in total. The van der Waals surface area contributed by atoms with E-state index in [9.17, 15) is 4.79 Å². The van der Waals surface area contributed by atoms with E-state index in [0.717, 1.165) is 32.0 Å². The van der Waals surface area contributed by atoms with Gasteiger partial charge in [0.05, 0.1) is 0 Å². The molecule has 100 valence electrons. The number of hydrogen-bond donors (Lipinski definition) is 2. The highest BCUT2D eigenvalue weighted by molar-refractivity contribution is 5.73. The maximum Gasteiger partial charge on any atom is 0.322 e. The van der Waals surface area contributed by atoms with Gasteiger partial charge < -0.3 is 15.3 Å². The fraction of sp³-hybridized carbons (Fsp3) is 0.923. The van der Waals surface area contributed by atoms with E-state index in [-0.39, 0.29) is 0 Å². The Morgan fingerprint density at radius 3 is 2.82 bits per heavy atom. The Morgan fingerprint density at radius 1 is 1.47 bits per heavy atom. The number of rotatable bonds is 8. The number of nitrogens with zero attached hydrogens (tertiary/aromatic N) is 1. The highest BCUT2D eigenvalue weighted by atomic mass is 16.4. The van der Waals surface area contributed by atoms with Crippen LogP contribution in [-0.4, -0.2) is 48.2 Å². The first-order chi connectivity index (χ1) is 8.17. The van der Waals surface area contributed by atoms with E-state index >= 15 is 0 Å². The molecule has 2 N–H and O–H groups in total. The molecule has 4 heteroatoms. The first-order valence-electron chi connectivity index (χ1n) is 6.85. The van der Waals surface area contributed by atoms with E-state index in [1.54, 1.807) is 0 Å². The minimum atomic E-state index is -0.725. The number of carbonyl (C=O) groups is 1. The summed E-state index contributed by atoms with van der Waals surface area (Å²) in [4.78, 5) is 13.4. The van der Waals surface area contributed by atoms with Gasteiger partial charge in [-0.3, -0.25) is 4.79 Å². The lowest BCUT2D eigenvalue weighted by Crippen LogP contribution is -2.45. The number of aliphatic carboxylic acids is 1. The fourth-order valence-electron chi connectivity index (χ4n) is 2.53. The molecule has 1 aliphatic rings. The zero-order chi connectivity index (χ0) is 12.7. The molecule has 1 saturated heterocycles. The van der Waals surface area contributed by atoms with Gasteiger partial charge in [-0.2, -0.15) is 0 Å². The highest BCUT2D eigenvalue weighted by Gasteiger charge is 2.26. The summed E-state index contributed by atoms with van der Waals surface area (Å²) in [5, 5.41) is 12.2. The molecule has 0 aliphatic carbocycles. The van der Waals surface area contributed by atoms with Crippen LogP contribution in [0, 0.1) is 5.92 Å². The smallest absolute Gasteiger partial charge is 0.322 e. The summed E-state index contributed by atoms with van der Waals surface area (Å²) in [6.07, 6.45) is 4.71. The summed E-state index contributed by atoms with van der Waals surface area (Å²) in [7, 11) is 0. The molecule has 0 bridgehead atoms. The molecule has 0 spiro atoms. The van der Waals surface area contributed by atoms with Crippen LogP contribution in [0.25, 0.3) is 0 Å². The van der Waals surface area contributed by atoms with Gasteiger partial charge in [0.2, 0.25) is 0 Å². The van der Waals surface area contributed by atoms with Crippen molar-refractivity contribution in [1.82, 2.24) is 10.2 Å². The average Bonchev–Trinajstić information content (AvgIpc) is 2.72. The van der Waals surface area contributed by atoms with Gasteiger partial charge in [-0.15, -0.1) is 0 Å². The average molecular weight is 242 g/mol.